The molecule has 0 unspecified atom stereocenters. The van der Waals surface area contributed by atoms with E-state index in [9.17, 15) is 4.79 Å². The van der Waals surface area contributed by atoms with Crippen molar-refractivity contribution in [1.29, 1.82) is 0 Å². The molecule has 5 rings (SSSR count). The van der Waals surface area contributed by atoms with Gasteiger partial charge >= 0.3 is 0 Å². The molecule has 0 spiro atoms. The van der Waals surface area contributed by atoms with Crippen LogP contribution in [0.1, 0.15) is 35.4 Å². The van der Waals surface area contributed by atoms with Crippen LogP contribution in [0.15, 0.2) is 10.6 Å². The summed E-state index contributed by atoms with van der Waals surface area (Å²) in [7, 11) is 1.92. The number of nitrogens with zero attached hydrogens (tertiary/aromatic N) is 5. The smallest absolute Gasteiger partial charge is 0.245 e. The van der Waals surface area contributed by atoms with E-state index < -0.39 is 0 Å². The van der Waals surface area contributed by atoms with Crippen LogP contribution in [0.2, 0.25) is 0 Å². The summed E-state index contributed by atoms with van der Waals surface area (Å²) in [5.41, 5.74) is 1.36. The standard InChI is InChI=1S/C23H30N6O3S/c1-14-4-5-16-17(10-14)33-23-21(16)22(25-19(26-23)12-29-6-8-31-9-7-29)28(3)13-20(30)24-18-11-15(2)32-27-18/h11,14H,4-10,12-13H2,1-3H3,(H,24,27,30)/t14-/m0/s1. The van der Waals surface area contributed by atoms with Gasteiger partial charge in [-0.1, -0.05) is 12.1 Å². The van der Waals surface area contributed by atoms with Gasteiger partial charge in [-0.25, -0.2) is 9.97 Å². The van der Waals surface area contributed by atoms with E-state index in [0.717, 1.165) is 61.0 Å². The lowest BCUT2D eigenvalue weighted by atomic mass is 9.89. The van der Waals surface area contributed by atoms with Crippen LogP contribution < -0.4 is 10.2 Å². The number of rotatable bonds is 6. The quantitative estimate of drug-likeness (QED) is 0.587. The predicted molar refractivity (Wildman–Crippen MR) is 128 cm³/mol. The number of anilines is 2. The van der Waals surface area contributed by atoms with Crippen LogP contribution in [0.5, 0.6) is 0 Å². The highest BCUT2D eigenvalue weighted by Crippen LogP contribution is 2.41. The van der Waals surface area contributed by atoms with Crippen molar-refractivity contribution in [2.24, 2.45) is 5.92 Å². The molecule has 1 aliphatic heterocycles. The van der Waals surface area contributed by atoms with Crippen LogP contribution >= 0.6 is 11.3 Å². The van der Waals surface area contributed by atoms with Crippen LogP contribution in [0, 0.1) is 12.8 Å². The molecule has 9 nitrogen and oxygen atoms in total. The minimum absolute atomic E-state index is 0.162. The number of thiophene rings is 1. The van der Waals surface area contributed by atoms with Crippen molar-refractivity contribution in [1.82, 2.24) is 20.0 Å². The summed E-state index contributed by atoms with van der Waals surface area (Å²) in [6, 6.07) is 1.71. The molecule has 33 heavy (non-hydrogen) atoms. The normalized spacial score (nSPS) is 18.9. The Morgan fingerprint density at radius 3 is 2.91 bits per heavy atom. The fourth-order valence-electron chi connectivity index (χ4n) is 4.57. The highest BCUT2D eigenvalue weighted by Gasteiger charge is 2.26. The number of hydrogen-bond acceptors (Lipinski definition) is 9. The van der Waals surface area contributed by atoms with Crippen molar-refractivity contribution in [3.8, 4) is 0 Å². The van der Waals surface area contributed by atoms with Crippen molar-refractivity contribution in [2.45, 2.75) is 39.7 Å². The second-order valence-corrected chi connectivity index (χ2v) is 10.2. The van der Waals surface area contributed by atoms with E-state index in [1.807, 2.05) is 11.9 Å². The molecule has 0 bridgehead atoms. The Kier molecular flexibility index (Phi) is 6.31. The molecule has 1 amide bonds. The zero-order chi connectivity index (χ0) is 22.9. The number of morpholine rings is 1. The molecule has 1 atom stereocenters. The molecule has 1 saturated heterocycles. The lowest BCUT2D eigenvalue weighted by Gasteiger charge is -2.26. The Bertz CT molecular complexity index is 1150. The summed E-state index contributed by atoms with van der Waals surface area (Å²) in [5, 5.41) is 7.77. The van der Waals surface area contributed by atoms with E-state index in [1.165, 1.54) is 16.9 Å². The SMILES string of the molecule is Cc1cc(NC(=O)CN(C)c2nc(CN3CCOCC3)nc3sc4c(c23)CC[C@H](C)C4)no1. The van der Waals surface area contributed by atoms with Crippen LogP contribution in [-0.2, 0) is 28.9 Å². The summed E-state index contributed by atoms with van der Waals surface area (Å²) < 4.78 is 10.5. The zero-order valence-corrected chi connectivity index (χ0v) is 20.2. The van der Waals surface area contributed by atoms with E-state index in [1.54, 1.807) is 24.3 Å². The summed E-state index contributed by atoms with van der Waals surface area (Å²) in [6.45, 7) is 8.19. The Morgan fingerprint density at radius 2 is 2.15 bits per heavy atom. The third-order valence-corrected chi connectivity index (χ3v) is 7.44. The number of ether oxygens (including phenoxy) is 1. The van der Waals surface area contributed by atoms with Crippen LogP contribution in [-0.4, -0.2) is 65.8 Å². The number of aryl methyl sites for hydroxylation is 2. The molecule has 1 fully saturated rings. The number of nitrogens with one attached hydrogen (secondary N) is 1. The number of aromatic nitrogens is 3. The maximum absolute atomic E-state index is 12.7. The highest BCUT2D eigenvalue weighted by molar-refractivity contribution is 7.19. The second kappa shape index (κ2) is 9.36. The molecule has 3 aromatic heterocycles. The second-order valence-electron chi connectivity index (χ2n) is 9.11. The monoisotopic (exact) mass is 470 g/mol. The predicted octanol–water partition coefficient (Wildman–Crippen LogP) is 3.02. The Labute approximate surface area is 197 Å². The van der Waals surface area contributed by atoms with Crippen molar-refractivity contribution in [3.05, 3.63) is 28.1 Å². The topological polar surface area (TPSA) is 96.6 Å². The van der Waals surface area contributed by atoms with Gasteiger partial charge in [0.2, 0.25) is 5.91 Å². The fourth-order valence-corrected chi connectivity index (χ4v) is 5.97. The number of amides is 1. The number of likely N-dealkylation sites (N-methyl/N-ethyl adjacent to an activating group) is 1. The molecule has 4 heterocycles. The lowest BCUT2D eigenvalue weighted by Crippen LogP contribution is -2.36. The molecule has 0 aromatic carbocycles. The molecular weight excluding hydrogens is 440 g/mol. The first kappa shape index (κ1) is 22.2. The highest BCUT2D eigenvalue weighted by atomic mass is 32.1. The summed E-state index contributed by atoms with van der Waals surface area (Å²) in [6.07, 6.45) is 3.29. The van der Waals surface area contributed by atoms with Crippen LogP contribution in [0.4, 0.5) is 11.6 Å². The van der Waals surface area contributed by atoms with Gasteiger partial charge in [-0.2, -0.15) is 0 Å². The molecule has 0 saturated carbocycles. The van der Waals surface area contributed by atoms with Gasteiger partial charge in [0.15, 0.2) is 5.82 Å². The average molecular weight is 471 g/mol. The first-order valence-electron chi connectivity index (χ1n) is 11.5. The van der Waals surface area contributed by atoms with E-state index in [0.29, 0.717) is 24.0 Å². The molecule has 0 radical (unpaired) electrons. The minimum Gasteiger partial charge on any atom is -0.379 e. The molecule has 1 N–H and O–H groups in total. The Balaban J connectivity index is 1.45. The average Bonchev–Trinajstić information content (AvgIpc) is 3.35. The molecular formula is C23H30N6O3S. The van der Waals surface area contributed by atoms with Crippen molar-refractivity contribution >= 4 is 39.1 Å². The first-order valence-corrected chi connectivity index (χ1v) is 12.3. The number of carbonyl (C=O) groups excluding carboxylic acids is 1. The van der Waals surface area contributed by atoms with E-state index in [-0.39, 0.29) is 12.5 Å². The van der Waals surface area contributed by atoms with Crippen LogP contribution in [0.3, 0.4) is 0 Å². The fraction of sp³-hybridized carbons (Fsp3) is 0.565. The van der Waals surface area contributed by atoms with E-state index in [2.05, 4.69) is 22.3 Å². The van der Waals surface area contributed by atoms with E-state index in [4.69, 9.17) is 19.2 Å². The van der Waals surface area contributed by atoms with Crippen molar-refractivity contribution in [3.63, 3.8) is 0 Å². The van der Waals surface area contributed by atoms with E-state index >= 15 is 0 Å². The molecule has 1 aliphatic carbocycles. The Morgan fingerprint density at radius 1 is 1.33 bits per heavy atom. The Hall–Kier alpha value is -2.56. The summed E-state index contributed by atoms with van der Waals surface area (Å²) >= 11 is 1.79. The summed E-state index contributed by atoms with van der Waals surface area (Å²) in [5.74, 6) is 3.23. The van der Waals surface area contributed by atoms with Gasteiger partial charge in [0.25, 0.3) is 0 Å². The van der Waals surface area contributed by atoms with Gasteiger partial charge in [-0.3, -0.25) is 9.69 Å². The number of fused-ring (bicyclic) bond motifs is 3. The third kappa shape index (κ3) is 4.87. The molecule has 2 aliphatic rings. The van der Waals surface area contributed by atoms with Gasteiger partial charge in [-0.05, 0) is 37.7 Å². The van der Waals surface area contributed by atoms with Crippen molar-refractivity contribution < 1.29 is 14.1 Å². The molecule has 3 aromatic rings. The number of carbonyl (C=O) groups is 1. The van der Waals surface area contributed by atoms with Crippen molar-refractivity contribution in [2.75, 3.05) is 50.1 Å². The minimum atomic E-state index is -0.162. The lowest BCUT2D eigenvalue weighted by molar-refractivity contribution is -0.115. The largest absolute Gasteiger partial charge is 0.379 e. The summed E-state index contributed by atoms with van der Waals surface area (Å²) in [4.78, 5) is 29.4. The first-order chi connectivity index (χ1) is 16.0. The van der Waals surface area contributed by atoms with Gasteiger partial charge in [0.1, 0.15) is 22.2 Å². The maximum atomic E-state index is 12.7. The molecule has 176 valence electrons. The maximum Gasteiger partial charge on any atom is 0.245 e. The third-order valence-electron chi connectivity index (χ3n) is 6.29. The molecule has 10 heteroatoms. The van der Waals surface area contributed by atoms with Gasteiger partial charge in [0, 0.05) is 31.1 Å². The van der Waals surface area contributed by atoms with Crippen LogP contribution in [0.25, 0.3) is 10.2 Å². The number of hydrogen-bond donors (Lipinski definition) is 1. The van der Waals surface area contributed by atoms with Gasteiger partial charge in [-0.15, -0.1) is 11.3 Å². The van der Waals surface area contributed by atoms with Gasteiger partial charge < -0.3 is 19.5 Å². The van der Waals surface area contributed by atoms with Gasteiger partial charge in [0.05, 0.1) is 31.7 Å². The zero-order valence-electron chi connectivity index (χ0n) is 19.4.